The van der Waals surface area contributed by atoms with Gasteiger partial charge in [-0.25, -0.2) is 13.4 Å². The van der Waals surface area contributed by atoms with Crippen LogP contribution in [-0.2, 0) is 21.1 Å². The molecule has 2 aromatic rings. The van der Waals surface area contributed by atoms with Crippen LogP contribution in [0, 0.1) is 0 Å². The molecule has 0 saturated carbocycles. The van der Waals surface area contributed by atoms with Gasteiger partial charge in [0.15, 0.2) is 9.84 Å². The van der Waals surface area contributed by atoms with Gasteiger partial charge in [0.05, 0.1) is 18.1 Å². The number of ether oxygens (including phenoxy) is 1. The van der Waals surface area contributed by atoms with E-state index >= 15 is 0 Å². The second-order valence-electron chi connectivity index (χ2n) is 7.17. The lowest BCUT2D eigenvalue weighted by atomic mass is 10.1. The normalized spacial score (nSPS) is 11.6. The highest BCUT2D eigenvalue weighted by molar-refractivity contribution is 7.99. The fourth-order valence-electron chi connectivity index (χ4n) is 2.73. The molecule has 0 N–H and O–H groups in total. The van der Waals surface area contributed by atoms with Crippen molar-refractivity contribution in [1.29, 1.82) is 0 Å². The van der Waals surface area contributed by atoms with Crippen molar-refractivity contribution in [1.82, 2.24) is 4.98 Å². The fraction of sp³-hybridized carbons (Fsp3) is 0.455. The Labute approximate surface area is 178 Å². The number of carbonyl (C=O) groups is 1. The summed E-state index contributed by atoms with van der Waals surface area (Å²) in [5.41, 5.74) is 0.882. The minimum Gasteiger partial charge on any atom is -0.481 e. The van der Waals surface area contributed by atoms with Gasteiger partial charge in [-0.15, -0.1) is 0 Å². The molecule has 0 aliphatic heterocycles. The van der Waals surface area contributed by atoms with E-state index in [2.05, 4.69) is 4.98 Å². The maximum atomic E-state index is 12.5. The van der Waals surface area contributed by atoms with Gasteiger partial charge in [-0.05, 0) is 44.4 Å². The third-order valence-corrected chi connectivity index (χ3v) is 7.92. The average Bonchev–Trinajstić information content (AvgIpc) is 2.69. The third kappa shape index (κ3) is 7.82. The Kier molecular flexibility index (Phi) is 9.17. The number of methoxy groups -OCH3 is 1. The first-order chi connectivity index (χ1) is 13.8. The van der Waals surface area contributed by atoms with Crippen LogP contribution in [0.5, 0.6) is 5.88 Å². The van der Waals surface area contributed by atoms with Crippen LogP contribution in [-0.4, -0.2) is 37.3 Å². The topological polar surface area (TPSA) is 73.3 Å². The molecule has 29 heavy (non-hydrogen) atoms. The number of hydrogen-bond acceptors (Lipinski definition) is 6. The standard InChI is InChI=1S/C22H29NO4S2/c1-17(2)29(25,26)15-9-5-6-10-19(24)16-18-13-14-21(27-3)23-22(18)28-20-11-7-4-8-12-20/h4,7-8,11-14,17H,5-6,9-10,15-16H2,1-3H3. The van der Waals surface area contributed by atoms with E-state index < -0.39 is 9.84 Å². The number of nitrogens with zero attached hydrogens (tertiary/aromatic N) is 1. The van der Waals surface area contributed by atoms with Gasteiger partial charge < -0.3 is 4.74 Å². The summed E-state index contributed by atoms with van der Waals surface area (Å²) in [6, 6.07) is 13.6. The zero-order valence-electron chi connectivity index (χ0n) is 17.3. The molecule has 2 rings (SSSR count). The molecule has 0 fully saturated rings. The Morgan fingerprint density at radius 2 is 1.79 bits per heavy atom. The smallest absolute Gasteiger partial charge is 0.214 e. The van der Waals surface area contributed by atoms with Gasteiger partial charge in [-0.1, -0.05) is 42.4 Å². The zero-order chi connectivity index (χ0) is 21.3. The molecule has 0 aliphatic rings. The van der Waals surface area contributed by atoms with E-state index in [0.717, 1.165) is 21.9 Å². The van der Waals surface area contributed by atoms with Crippen molar-refractivity contribution >= 4 is 27.4 Å². The number of sulfone groups is 1. The van der Waals surface area contributed by atoms with E-state index in [4.69, 9.17) is 4.74 Å². The van der Waals surface area contributed by atoms with E-state index in [1.165, 1.54) is 11.8 Å². The molecule has 0 saturated heterocycles. The molecule has 0 atom stereocenters. The second kappa shape index (κ2) is 11.4. The van der Waals surface area contributed by atoms with E-state index in [-0.39, 0.29) is 16.8 Å². The predicted molar refractivity (Wildman–Crippen MR) is 117 cm³/mol. The zero-order valence-corrected chi connectivity index (χ0v) is 18.9. The van der Waals surface area contributed by atoms with Gasteiger partial charge in [0, 0.05) is 23.8 Å². The number of rotatable bonds is 12. The van der Waals surface area contributed by atoms with Crippen LogP contribution >= 0.6 is 11.8 Å². The Morgan fingerprint density at radius 3 is 2.45 bits per heavy atom. The Balaban J connectivity index is 1.90. The largest absolute Gasteiger partial charge is 0.481 e. The van der Waals surface area contributed by atoms with Crippen LogP contribution in [0.4, 0.5) is 0 Å². The maximum absolute atomic E-state index is 12.5. The molecule has 7 heteroatoms. The van der Waals surface area contributed by atoms with Gasteiger partial charge in [0.1, 0.15) is 10.8 Å². The molecule has 158 valence electrons. The Morgan fingerprint density at radius 1 is 1.07 bits per heavy atom. The summed E-state index contributed by atoms with van der Waals surface area (Å²) in [6.45, 7) is 3.40. The van der Waals surface area contributed by atoms with Gasteiger partial charge in [-0.2, -0.15) is 0 Å². The SMILES string of the molecule is COc1ccc(CC(=O)CCCCCS(=O)(=O)C(C)C)c(Sc2ccccc2)n1. The molecule has 5 nitrogen and oxygen atoms in total. The summed E-state index contributed by atoms with van der Waals surface area (Å²) in [5.74, 6) is 0.851. The summed E-state index contributed by atoms with van der Waals surface area (Å²) in [5, 5.41) is 0.430. The van der Waals surface area contributed by atoms with Crippen LogP contribution in [0.15, 0.2) is 52.4 Å². The molecule has 0 unspecified atom stereocenters. The van der Waals surface area contributed by atoms with Crippen LogP contribution in [0.1, 0.15) is 45.1 Å². The minimum absolute atomic E-state index is 0.138. The number of Topliss-reactive ketones (excluding diaryl/α,β-unsaturated/α-hetero) is 1. The molecule has 0 bridgehead atoms. The summed E-state index contributed by atoms with van der Waals surface area (Å²) >= 11 is 1.51. The number of carbonyl (C=O) groups excluding carboxylic acids is 1. The number of aromatic nitrogens is 1. The van der Waals surface area contributed by atoms with Crippen molar-refractivity contribution in [2.75, 3.05) is 12.9 Å². The first-order valence-electron chi connectivity index (χ1n) is 9.82. The molecule has 1 heterocycles. The van der Waals surface area contributed by atoms with Crippen LogP contribution in [0.2, 0.25) is 0 Å². The summed E-state index contributed by atoms with van der Waals surface area (Å²) < 4.78 is 28.9. The molecular formula is C22H29NO4S2. The van der Waals surface area contributed by atoms with Crippen molar-refractivity contribution in [2.45, 2.75) is 61.1 Å². The highest BCUT2D eigenvalue weighted by Crippen LogP contribution is 2.31. The highest BCUT2D eigenvalue weighted by Gasteiger charge is 2.16. The van der Waals surface area contributed by atoms with E-state index in [1.54, 1.807) is 27.0 Å². The summed E-state index contributed by atoms with van der Waals surface area (Å²) in [7, 11) is -1.42. The molecule has 0 aliphatic carbocycles. The number of benzene rings is 1. The van der Waals surface area contributed by atoms with Gasteiger partial charge in [0.25, 0.3) is 0 Å². The lowest BCUT2D eigenvalue weighted by molar-refractivity contribution is -0.118. The van der Waals surface area contributed by atoms with Crippen molar-refractivity contribution < 1.29 is 17.9 Å². The van der Waals surface area contributed by atoms with Crippen molar-refractivity contribution in [3.63, 3.8) is 0 Å². The molecular weight excluding hydrogens is 406 g/mol. The second-order valence-corrected chi connectivity index (χ2v) is 10.9. The third-order valence-electron chi connectivity index (χ3n) is 4.57. The summed E-state index contributed by atoms with van der Waals surface area (Å²) in [4.78, 5) is 18.0. The van der Waals surface area contributed by atoms with Gasteiger partial charge in [-0.3, -0.25) is 4.79 Å². The number of ketones is 1. The van der Waals surface area contributed by atoms with Gasteiger partial charge in [0.2, 0.25) is 5.88 Å². The highest BCUT2D eigenvalue weighted by atomic mass is 32.2. The first kappa shape index (κ1) is 23.4. The molecule has 0 spiro atoms. The Hall–Kier alpha value is -1.86. The number of unbranched alkanes of at least 4 members (excludes halogenated alkanes) is 2. The molecule has 1 aromatic heterocycles. The van der Waals surface area contributed by atoms with Crippen LogP contribution < -0.4 is 4.74 Å². The minimum atomic E-state index is -3.00. The van der Waals surface area contributed by atoms with Crippen LogP contribution in [0.3, 0.4) is 0 Å². The fourth-order valence-corrected chi connectivity index (χ4v) is 4.73. The first-order valence-corrected chi connectivity index (χ1v) is 12.3. The van der Waals surface area contributed by atoms with Crippen molar-refractivity contribution in [2.24, 2.45) is 0 Å². The van der Waals surface area contributed by atoms with Crippen molar-refractivity contribution in [3.8, 4) is 5.88 Å². The van der Waals surface area contributed by atoms with Gasteiger partial charge >= 0.3 is 0 Å². The predicted octanol–water partition coefficient (Wildman–Crippen LogP) is 4.74. The van der Waals surface area contributed by atoms with E-state index in [1.807, 2.05) is 36.4 Å². The molecule has 1 aromatic carbocycles. The van der Waals surface area contributed by atoms with E-state index in [0.29, 0.717) is 31.6 Å². The molecule has 0 radical (unpaired) electrons. The van der Waals surface area contributed by atoms with E-state index in [9.17, 15) is 13.2 Å². The van der Waals surface area contributed by atoms with Crippen LogP contribution in [0.25, 0.3) is 0 Å². The number of hydrogen-bond donors (Lipinski definition) is 0. The quantitative estimate of drug-likeness (QED) is 0.449. The number of pyridine rings is 1. The van der Waals surface area contributed by atoms with Crippen molar-refractivity contribution in [3.05, 3.63) is 48.0 Å². The maximum Gasteiger partial charge on any atom is 0.214 e. The lowest BCUT2D eigenvalue weighted by Gasteiger charge is -2.10. The lowest BCUT2D eigenvalue weighted by Crippen LogP contribution is -2.17. The average molecular weight is 436 g/mol. The molecule has 0 amide bonds. The summed E-state index contributed by atoms with van der Waals surface area (Å²) in [6.07, 6.45) is 2.81. The Bertz CT molecular complexity index is 896. The monoisotopic (exact) mass is 435 g/mol.